The van der Waals surface area contributed by atoms with E-state index in [1.165, 1.54) is 0 Å². The quantitative estimate of drug-likeness (QED) is 0.645. The van der Waals surface area contributed by atoms with Gasteiger partial charge in [-0.15, -0.1) is 0 Å². The summed E-state index contributed by atoms with van der Waals surface area (Å²) in [4.78, 5) is 11.3. The van der Waals surface area contributed by atoms with Gasteiger partial charge in [-0.1, -0.05) is 19.8 Å². The first-order valence-corrected chi connectivity index (χ1v) is 6.65. The van der Waals surface area contributed by atoms with E-state index in [0.717, 1.165) is 12.1 Å². The van der Waals surface area contributed by atoms with Crippen molar-refractivity contribution in [2.75, 3.05) is 0 Å². The fourth-order valence-corrected chi connectivity index (χ4v) is 2.19. The second-order valence-electron chi connectivity index (χ2n) is 5.25. The average molecular weight is 321 g/mol. The van der Waals surface area contributed by atoms with E-state index in [4.69, 9.17) is 5.73 Å². The molecule has 0 aliphatic rings. The maximum atomic E-state index is 12.6. The van der Waals surface area contributed by atoms with E-state index in [-0.39, 0.29) is 18.4 Å². The van der Waals surface area contributed by atoms with Crippen LogP contribution in [0.4, 0.5) is 13.2 Å². The average Bonchev–Trinajstić information content (AvgIpc) is 2.33. The molecule has 0 aromatic heterocycles. The molecular formula is C14H18F3NO4. The fraction of sp³-hybridized carbons (Fsp3) is 0.500. The lowest BCUT2D eigenvalue weighted by Crippen LogP contribution is -2.49. The van der Waals surface area contributed by atoms with Crippen molar-refractivity contribution >= 4 is 5.97 Å². The van der Waals surface area contributed by atoms with Gasteiger partial charge in [0.1, 0.15) is 22.6 Å². The van der Waals surface area contributed by atoms with Crippen LogP contribution in [0.2, 0.25) is 0 Å². The molecule has 0 radical (unpaired) electrons. The molecule has 124 valence electrons. The highest BCUT2D eigenvalue weighted by Gasteiger charge is 2.39. The number of phenolic OH excluding ortho intramolecular Hbond substituents is 2. The summed E-state index contributed by atoms with van der Waals surface area (Å²) in [7, 11) is 0. The maximum Gasteiger partial charge on any atom is 0.423 e. The summed E-state index contributed by atoms with van der Waals surface area (Å²) in [6.07, 6.45) is -3.86. The smallest absolute Gasteiger partial charge is 0.423 e. The van der Waals surface area contributed by atoms with Gasteiger partial charge in [-0.05, 0) is 24.1 Å². The van der Waals surface area contributed by atoms with Crippen molar-refractivity contribution in [2.24, 2.45) is 5.73 Å². The Morgan fingerprint density at radius 2 is 1.73 bits per heavy atom. The van der Waals surface area contributed by atoms with Gasteiger partial charge in [0, 0.05) is 6.42 Å². The molecule has 5 nitrogen and oxygen atoms in total. The third kappa shape index (κ3) is 4.03. The Morgan fingerprint density at radius 1 is 1.23 bits per heavy atom. The number of halogens is 3. The second kappa shape index (κ2) is 6.43. The number of carbonyl (C=O) groups is 1. The van der Waals surface area contributed by atoms with Crippen LogP contribution in [0.1, 0.15) is 37.3 Å². The minimum Gasteiger partial charge on any atom is -0.507 e. The van der Waals surface area contributed by atoms with Crippen LogP contribution in [-0.2, 0) is 17.4 Å². The number of hydrogen-bond donors (Lipinski definition) is 4. The van der Waals surface area contributed by atoms with E-state index in [2.05, 4.69) is 0 Å². The zero-order valence-corrected chi connectivity index (χ0v) is 11.9. The summed E-state index contributed by atoms with van der Waals surface area (Å²) < 4.78 is 37.9. The van der Waals surface area contributed by atoms with Gasteiger partial charge in [-0.2, -0.15) is 13.2 Å². The third-order valence-corrected chi connectivity index (χ3v) is 3.36. The number of aliphatic carboxylic acids is 1. The number of aromatic hydroxyl groups is 2. The molecule has 5 N–H and O–H groups in total. The number of carboxylic acids is 1. The normalized spacial score (nSPS) is 14.6. The number of unbranched alkanes of at least 4 members (excludes halogenated alkanes) is 1. The Morgan fingerprint density at radius 3 is 2.09 bits per heavy atom. The van der Waals surface area contributed by atoms with Gasteiger partial charge in [-0.3, -0.25) is 4.79 Å². The molecule has 0 spiro atoms. The second-order valence-corrected chi connectivity index (χ2v) is 5.25. The van der Waals surface area contributed by atoms with E-state index >= 15 is 0 Å². The highest BCUT2D eigenvalue weighted by molar-refractivity contribution is 5.79. The van der Waals surface area contributed by atoms with E-state index in [1.807, 2.05) is 6.92 Å². The molecular weight excluding hydrogens is 303 g/mol. The van der Waals surface area contributed by atoms with Crippen molar-refractivity contribution in [1.82, 2.24) is 0 Å². The molecule has 0 fully saturated rings. The predicted octanol–water partition coefficient (Wildman–Crippen LogP) is 2.63. The molecule has 1 aromatic rings. The Bertz CT molecular complexity index is 537. The fourth-order valence-electron chi connectivity index (χ4n) is 2.19. The molecule has 22 heavy (non-hydrogen) atoms. The third-order valence-electron chi connectivity index (χ3n) is 3.36. The van der Waals surface area contributed by atoms with Crippen molar-refractivity contribution in [1.29, 1.82) is 0 Å². The Balaban J connectivity index is 3.15. The molecule has 1 atom stereocenters. The van der Waals surface area contributed by atoms with Crippen LogP contribution < -0.4 is 5.73 Å². The topological polar surface area (TPSA) is 104 Å². The van der Waals surface area contributed by atoms with Crippen LogP contribution in [-0.4, -0.2) is 26.8 Å². The standard InChI is InChI=1S/C14H18F3NO4/c1-2-3-4-13(18,12(21)22)7-8-5-9(19)11(10(20)6-8)14(15,16)17/h5-6,19-20H,2-4,7,18H2,1H3,(H,21,22)/t13-/m0/s1. The molecule has 0 unspecified atom stereocenters. The lowest BCUT2D eigenvalue weighted by Gasteiger charge is -2.25. The first kappa shape index (κ1) is 18.1. The molecule has 0 bridgehead atoms. The van der Waals surface area contributed by atoms with Crippen molar-refractivity contribution in [3.63, 3.8) is 0 Å². The van der Waals surface area contributed by atoms with Gasteiger partial charge in [0.15, 0.2) is 0 Å². The molecule has 0 amide bonds. The van der Waals surface area contributed by atoms with Crippen LogP contribution in [0.3, 0.4) is 0 Å². The van der Waals surface area contributed by atoms with Crippen molar-refractivity contribution in [3.8, 4) is 11.5 Å². The first-order valence-electron chi connectivity index (χ1n) is 6.65. The number of phenols is 2. The number of hydrogen-bond acceptors (Lipinski definition) is 4. The zero-order valence-electron chi connectivity index (χ0n) is 11.9. The van der Waals surface area contributed by atoms with Gasteiger partial charge < -0.3 is 21.1 Å². The van der Waals surface area contributed by atoms with Crippen molar-refractivity contribution in [2.45, 2.75) is 44.3 Å². The lowest BCUT2D eigenvalue weighted by atomic mass is 9.86. The van der Waals surface area contributed by atoms with Crippen molar-refractivity contribution < 1.29 is 33.3 Å². The highest BCUT2D eigenvalue weighted by atomic mass is 19.4. The van der Waals surface area contributed by atoms with Gasteiger partial charge in [0.25, 0.3) is 0 Å². The number of carboxylic acid groups (broad SMARTS) is 1. The minimum absolute atomic E-state index is 0.0176. The minimum atomic E-state index is -4.92. The summed E-state index contributed by atoms with van der Waals surface area (Å²) in [5.41, 5.74) is 2.59. The maximum absolute atomic E-state index is 12.6. The highest BCUT2D eigenvalue weighted by Crippen LogP contribution is 2.42. The monoisotopic (exact) mass is 321 g/mol. The molecule has 0 saturated heterocycles. The van der Waals surface area contributed by atoms with E-state index in [0.29, 0.717) is 12.8 Å². The zero-order chi connectivity index (χ0) is 17.1. The largest absolute Gasteiger partial charge is 0.507 e. The van der Waals surface area contributed by atoms with Gasteiger partial charge in [0.05, 0.1) is 0 Å². The van der Waals surface area contributed by atoms with E-state index in [1.54, 1.807) is 0 Å². The molecule has 0 aliphatic carbocycles. The summed E-state index contributed by atoms with van der Waals surface area (Å²) >= 11 is 0. The molecule has 8 heteroatoms. The Labute approximate surface area is 125 Å². The van der Waals surface area contributed by atoms with E-state index < -0.39 is 34.7 Å². The molecule has 1 rings (SSSR count). The number of rotatable bonds is 6. The van der Waals surface area contributed by atoms with Gasteiger partial charge in [-0.25, -0.2) is 0 Å². The van der Waals surface area contributed by atoms with Crippen LogP contribution in [0, 0.1) is 0 Å². The van der Waals surface area contributed by atoms with Gasteiger partial charge in [0.2, 0.25) is 0 Å². The van der Waals surface area contributed by atoms with Crippen LogP contribution >= 0.6 is 0 Å². The predicted molar refractivity (Wildman–Crippen MR) is 72.6 cm³/mol. The lowest BCUT2D eigenvalue weighted by molar-refractivity contribution is -0.144. The molecule has 0 saturated carbocycles. The summed E-state index contributed by atoms with van der Waals surface area (Å²) in [5, 5.41) is 28.1. The summed E-state index contributed by atoms with van der Waals surface area (Å²) in [6, 6.07) is 1.55. The number of benzene rings is 1. The van der Waals surface area contributed by atoms with Gasteiger partial charge >= 0.3 is 12.1 Å². The summed E-state index contributed by atoms with van der Waals surface area (Å²) in [6.45, 7) is 1.85. The van der Waals surface area contributed by atoms with E-state index in [9.17, 15) is 33.3 Å². The molecule has 0 heterocycles. The Kier molecular flexibility index (Phi) is 5.29. The number of nitrogens with two attached hydrogens (primary N) is 1. The van der Waals surface area contributed by atoms with Crippen LogP contribution in [0.25, 0.3) is 0 Å². The SMILES string of the molecule is CCCC[C@](N)(Cc1cc(O)c(C(F)(F)F)c(O)c1)C(=O)O. The van der Waals surface area contributed by atoms with Crippen LogP contribution in [0.15, 0.2) is 12.1 Å². The van der Waals surface area contributed by atoms with Crippen LogP contribution in [0.5, 0.6) is 11.5 Å². The summed E-state index contributed by atoms with van der Waals surface area (Å²) in [5.74, 6) is -3.61. The number of alkyl halides is 3. The molecule has 1 aromatic carbocycles. The first-order chi connectivity index (χ1) is 10.0. The Hall–Kier alpha value is -1.96. The molecule has 0 aliphatic heterocycles. The van der Waals surface area contributed by atoms with Crippen molar-refractivity contribution in [3.05, 3.63) is 23.3 Å².